The van der Waals surface area contributed by atoms with Crippen LogP contribution in [0.3, 0.4) is 0 Å². The van der Waals surface area contributed by atoms with Gasteiger partial charge in [-0.1, -0.05) is 26.0 Å². The second-order valence-electron chi connectivity index (χ2n) is 7.12. The largest absolute Gasteiger partial charge is 0.508 e. The summed E-state index contributed by atoms with van der Waals surface area (Å²) in [6.07, 6.45) is 3.72. The van der Waals surface area contributed by atoms with Crippen LogP contribution in [0.1, 0.15) is 52.0 Å². The predicted molar refractivity (Wildman–Crippen MR) is 110 cm³/mol. The van der Waals surface area contributed by atoms with E-state index in [0.717, 1.165) is 56.8 Å². The monoisotopic (exact) mass is 374 g/mol. The molecule has 3 N–H and O–H groups in total. The van der Waals surface area contributed by atoms with Crippen molar-refractivity contribution in [2.45, 2.75) is 59.0 Å². The summed E-state index contributed by atoms with van der Waals surface area (Å²) < 4.78 is 0. The highest BCUT2D eigenvalue weighted by Crippen LogP contribution is 2.17. The number of nitrogens with zero attached hydrogens (tertiary/aromatic N) is 2. The van der Waals surface area contributed by atoms with Crippen LogP contribution in [0.5, 0.6) is 5.75 Å². The van der Waals surface area contributed by atoms with Gasteiger partial charge in [0.15, 0.2) is 5.96 Å². The molecule has 0 spiro atoms. The first-order valence-electron chi connectivity index (χ1n) is 10.2. The molecule has 2 rings (SSSR count). The number of likely N-dealkylation sites (tertiary alicyclic amines) is 1. The summed E-state index contributed by atoms with van der Waals surface area (Å²) >= 11 is 0. The van der Waals surface area contributed by atoms with Crippen LogP contribution in [0.4, 0.5) is 0 Å². The Bertz CT molecular complexity index is 603. The molecule has 1 heterocycles. The van der Waals surface area contributed by atoms with E-state index in [1.54, 1.807) is 12.1 Å². The Balaban J connectivity index is 1.87. The van der Waals surface area contributed by atoms with E-state index < -0.39 is 0 Å². The summed E-state index contributed by atoms with van der Waals surface area (Å²) in [6.45, 7) is 9.21. The average Bonchev–Trinajstić information content (AvgIpc) is 2.69. The van der Waals surface area contributed by atoms with Crippen LogP contribution < -0.4 is 10.6 Å². The molecule has 1 aromatic carbocycles. The van der Waals surface area contributed by atoms with E-state index in [0.29, 0.717) is 18.5 Å². The molecule has 0 radical (unpaired) electrons. The summed E-state index contributed by atoms with van der Waals surface area (Å²) in [5, 5.41) is 16.2. The van der Waals surface area contributed by atoms with E-state index in [9.17, 15) is 9.90 Å². The first-order chi connectivity index (χ1) is 13.1. The first kappa shape index (κ1) is 21.1. The van der Waals surface area contributed by atoms with Gasteiger partial charge in [0.1, 0.15) is 5.75 Å². The van der Waals surface area contributed by atoms with E-state index in [4.69, 9.17) is 0 Å². The topological polar surface area (TPSA) is 77.0 Å². The highest BCUT2D eigenvalue weighted by atomic mass is 16.3. The number of hydrogen-bond donors (Lipinski definition) is 3. The quantitative estimate of drug-likeness (QED) is 0.507. The van der Waals surface area contributed by atoms with Crippen molar-refractivity contribution in [1.82, 2.24) is 15.5 Å². The van der Waals surface area contributed by atoms with Gasteiger partial charge in [-0.2, -0.15) is 0 Å². The minimum atomic E-state index is 0.165. The van der Waals surface area contributed by atoms with Crippen molar-refractivity contribution in [1.29, 1.82) is 0 Å². The van der Waals surface area contributed by atoms with Crippen LogP contribution in [0.2, 0.25) is 0 Å². The van der Waals surface area contributed by atoms with Crippen molar-refractivity contribution in [3.05, 3.63) is 29.8 Å². The molecule has 1 aliphatic rings. The summed E-state index contributed by atoms with van der Waals surface area (Å²) in [6, 6.07) is 7.44. The van der Waals surface area contributed by atoms with Crippen LogP contribution in [-0.2, 0) is 11.3 Å². The number of carbonyl (C=O) groups is 1. The average molecular weight is 375 g/mol. The van der Waals surface area contributed by atoms with Gasteiger partial charge in [0.2, 0.25) is 5.91 Å². The molecule has 0 bridgehead atoms. The zero-order valence-corrected chi connectivity index (χ0v) is 16.9. The molecule has 1 saturated heterocycles. The second kappa shape index (κ2) is 10.8. The van der Waals surface area contributed by atoms with Crippen molar-refractivity contribution in [2.75, 3.05) is 19.6 Å². The second-order valence-corrected chi connectivity index (χ2v) is 7.12. The molecule has 0 atom stereocenters. The Kier molecular flexibility index (Phi) is 8.43. The van der Waals surface area contributed by atoms with Crippen molar-refractivity contribution < 1.29 is 9.90 Å². The molecular weight excluding hydrogens is 340 g/mol. The van der Waals surface area contributed by atoms with E-state index in [-0.39, 0.29) is 11.7 Å². The van der Waals surface area contributed by atoms with Gasteiger partial charge in [-0.3, -0.25) is 4.79 Å². The Labute approximate surface area is 163 Å². The van der Waals surface area contributed by atoms with Gasteiger partial charge in [-0.15, -0.1) is 0 Å². The highest BCUT2D eigenvalue weighted by Gasteiger charge is 2.26. The third-order valence-corrected chi connectivity index (χ3v) is 5.18. The fourth-order valence-corrected chi connectivity index (χ4v) is 3.43. The van der Waals surface area contributed by atoms with Gasteiger partial charge >= 0.3 is 0 Å². The number of guanidine groups is 1. The van der Waals surface area contributed by atoms with Crippen molar-refractivity contribution >= 4 is 11.9 Å². The molecule has 150 valence electrons. The summed E-state index contributed by atoms with van der Waals surface area (Å²) in [5.74, 6) is 1.54. The van der Waals surface area contributed by atoms with Gasteiger partial charge in [0, 0.05) is 31.6 Å². The zero-order chi connectivity index (χ0) is 19.6. The fourth-order valence-electron chi connectivity index (χ4n) is 3.43. The molecule has 1 amide bonds. The van der Waals surface area contributed by atoms with Crippen LogP contribution >= 0.6 is 0 Å². The standard InChI is InChI=1S/C21H34N4O2/c1-4-17(5-2)20(27)25-13-11-18(12-14-25)24-21(22-6-3)23-15-16-7-9-19(26)10-8-16/h7-10,17-18,26H,4-6,11-15H2,1-3H3,(H2,22,23,24). The number of rotatable bonds is 7. The number of benzene rings is 1. The molecule has 0 aromatic heterocycles. The summed E-state index contributed by atoms with van der Waals surface area (Å²) in [4.78, 5) is 19.2. The zero-order valence-electron chi connectivity index (χ0n) is 16.9. The van der Waals surface area contributed by atoms with Gasteiger partial charge in [0.25, 0.3) is 0 Å². The molecule has 6 heteroatoms. The van der Waals surface area contributed by atoms with Crippen molar-refractivity contribution in [3.8, 4) is 5.75 Å². The Hall–Kier alpha value is -2.24. The number of amides is 1. The van der Waals surface area contributed by atoms with Gasteiger partial charge in [-0.05, 0) is 50.3 Å². The number of aromatic hydroxyl groups is 1. The van der Waals surface area contributed by atoms with E-state index >= 15 is 0 Å². The summed E-state index contributed by atoms with van der Waals surface area (Å²) in [7, 11) is 0. The third kappa shape index (κ3) is 6.45. The molecule has 1 fully saturated rings. The number of hydrogen-bond acceptors (Lipinski definition) is 3. The maximum absolute atomic E-state index is 12.5. The molecule has 1 aromatic rings. The number of phenolic OH excluding ortho intramolecular Hbond substituents is 1. The number of phenols is 1. The minimum absolute atomic E-state index is 0.165. The molecule has 0 unspecified atom stereocenters. The lowest BCUT2D eigenvalue weighted by atomic mass is 9.98. The van der Waals surface area contributed by atoms with Gasteiger partial charge < -0.3 is 20.6 Å². The smallest absolute Gasteiger partial charge is 0.225 e. The van der Waals surface area contributed by atoms with E-state index in [2.05, 4.69) is 36.4 Å². The van der Waals surface area contributed by atoms with Crippen LogP contribution in [-0.4, -0.2) is 47.5 Å². The lowest BCUT2D eigenvalue weighted by molar-refractivity contribution is -0.136. The number of piperidine rings is 1. The molecule has 27 heavy (non-hydrogen) atoms. The van der Waals surface area contributed by atoms with Gasteiger partial charge in [0.05, 0.1) is 6.54 Å². The normalized spacial score (nSPS) is 15.9. The van der Waals surface area contributed by atoms with Crippen LogP contribution in [0, 0.1) is 5.92 Å². The van der Waals surface area contributed by atoms with Crippen molar-refractivity contribution in [2.24, 2.45) is 10.9 Å². The van der Waals surface area contributed by atoms with Gasteiger partial charge in [-0.25, -0.2) is 4.99 Å². The van der Waals surface area contributed by atoms with Crippen LogP contribution in [0.25, 0.3) is 0 Å². The first-order valence-corrected chi connectivity index (χ1v) is 10.2. The minimum Gasteiger partial charge on any atom is -0.508 e. The Morgan fingerprint density at radius 3 is 2.37 bits per heavy atom. The lowest BCUT2D eigenvalue weighted by Crippen LogP contribution is -2.50. The highest BCUT2D eigenvalue weighted by molar-refractivity contribution is 5.80. The maximum atomic E-state index is 12.5. The maximum Gasteiger partial charge on any atom is 0.225 e. The summed E-state index contributed by atoms with van der Waals surface area (Å²) in [5.41, 5.74) is 1.05. The predicted octanol–water partition coefficient (Wildman–Crippen LogP) is 2.87. The molecule has 6 nitrogen and oxygen atoms in total. The van der Waals surface area contributed by atoms with Crippen molar-refractivity contribution in [3.63, 3.8) is 0 Å². The number of aliphatic imine (C=N–C) groups is 1. The number of nitrogens with one attached hydrogen (secondary N) is 2. The molecular formula is C21H34N4O2. The molecule has 0 saturated carbocycles. The lowest BCUT2D eigenvalue weighted by Gasteiger charge is -2.34. The van der Waals surface area contributed by atoms with Crippen LogP contribution in [0.15, 0.2) is 29.3 Å². The third-order valence-electron chi connectivity index (χ3n) is 5.18. The van der Waals surface area contributed by atoms with E-state index in [1.165, 1.54) is 0 Å². The fraction of sp³-hybridized carbons (Fsp3) is 0.619. The Morgan fingerprint density at radius 2 is 1.81 bits per heavy atom. The molecule has 1 aliphatic heterocycles. The Morgan fingerprint density at radius 1 is 1.19 bits per heavy atom. The molecule has 0 aliphatic carbocycles. The van der Waals surface area contributed by atoms with E-state index in [1.807, 2.05) is 17.0 Å². The SMILES string of the molecule is CCNC(=NCc1ccc(O)cc1)NC1CCN(C(=O)C(CC)CC)CC1. The number of carbonyl (C=O) groups excluding carboxylic acids is 1.